The van der Waals surface area contributed by atoms with E-state index in [1.165, 1.54) is 36.0 Å². The summed E-state index contributed by atoms with van der Waals surface area (Å²) in [7, 11) is 1.53. The van der Waals surface area contributed by atoms with Crippen LogP contribution in [0.5, 0.6) is 0 Å². The van der Waals surface area contributed by atoms with Gasteiger partial charge in [-0.3, -0.25) is 9.59 Å². The van der Waals surface area contributed by atoms with Gasteiger partial charge in [0.1, 0.15) is 11.6 Å². The molecule has 0 bridgehead atoms. The van der Waals surface area contributed by atoms with Gasteiger partial charge in [0.05, 0.1) is 23.1 Å². The molecule has 0 saturated carbocycles. The third-order valence-electron chi connectivity index (χ3n) is 3.67. The summed E-state index contributed by atoms with van der Waals surface area (Å²) >= 11 is 0. The molecule has 3 N–H and O–H groups in total. The number of primary amides is 1. The minimum absolute atomic E-state index is 0.0184. The van der Waals surface area contributed by atoms with Crippen LogP contribution in [0.4, 0.5) is 20.2 Å². The summed E-state index contributed by atoms with van der Waals surface area (Å²) in [6.07, 6.45) is 2.58. The lowest BCUT2D eigenvalue weighted by Gasteiger charge is -2.15. The first kappa shape index (κ1) is 17.2. The Morgan fingerprint density at radius 3 is 2.50 bits per heavy atom. The first-order valence-electron chi connectivity index (χ1n) is 7.42. The Hall–Kier alpha value is -3.62. The van der Waals surface area contributed by atoms with Crippen LogP contribution >= 0.6 is 0 Å². The monoisotopic (exact) mass is 357 g/mol. The molecular formula is C17H13F2N5O2. The average molecular weight is 357 g/mol. The number of carbonyl (C=O) groups excluding carboxylic acids is 1. The van der Waals surface area contributed by atoms with E-state index in [0.717, 1.165) is 18.3 Å². The van der Waals surface area contributed by atoms with Crippen LogP contribution in [0.1, 0.15) is 10.5 Å². The maximum atomic E-state index is 14.2. The second kappa shape index (κ2) is 6.71. The molecule has 0 atom stereocenters. The third kappa shape index (κ3) is 3.14. The number of benzene rings is 1. The van der Waals surface area contributed by atoms with Crippen LogP contribution in [-0.2, 0) is 7.05 Å². The van der Waals surface area contributed by atoms with Gasteiger partial charge in [-0.15, -0.1) is 5.10 Å². The molecule has 1 amide bonds. The summed E-state index contributed by atoms with van der Waals surface area (Å²) < 4.78 is 29.8. The molecule has 0 aliphatic heterocycles. The zero-order valence-electron chi connectivity index (χ0n) is 13.5. The highest BCUT2D eigenvalue weighted by Crippen LogP contribution is 2.34. The zero-order chi connectivity index (χ0) is 18.8. The number of rotatable bonds is 4. The average Bonchev–Trinajstić information content (AvgIpc) is 2.59. The quantitative estimate of drug-likeness (QED) is 0.743. The molecule has 3 rings (SSSR count). The molecule has 3 aromatic rings. The molecule has 0 radical (unpaired) electrons. The smallest absolute Gasteiger partial charge is 0.271 e. The fraction of sp³-hybridized carbons (Fsp3) is 0.0588. The van der Waals surface area contributed by atoms with Gasteiger partial charge in [0.25, 0.3) is 5.91 Å². The van der Waals surface area contributed by atoms with Crippen molar-refractivity contribution in [3.8, 4) is 11.1 Å². The van der Waals surface area contributed by atoms with Gasteiger partial charge in [-0.05, 0) is 18.2 Å². The molecule has 132 valence electrons. The number of halogens is 2. The number of pyridine rings is 1. The van der Waals surface area contributed by atoms with Gasteiger partial charge in [0.15, 0.2) is 5.69 Å². The topological polar surface area (TPSA) is 103 Å². The van der Waals surface area contributed by atoms with Crippen LogP contribution in [-0.4, -0.2) is 20.7 Å². The Balaban J connectivity index is 2.23. The van der Waals surface area contributed by atoms with Crippen LogP contribution in [0.2, 0.25) is 0 Å². The van der Waals surface area contributed by atoms with Gasteiger partial charge in [-0.1, -0.05) is 6.07 Å². The number of nitrogens with two attached hydrogens (primary N) is 1. The second-order valence-corrected chi connectivity index (χ2v) is 5.43. The van der Waals surface area contributed by atoms with Gasteiger partial charge in [0.2, 0.25) is 5.56 Å². The normalized spacial score (nSPS) is 10.6. The van der Waals surface area contributed by atoms with E-state index in [1.54, 1.807) is 0 Å². The molecule has 7 nitrogen and oxygen atoms in total. The van der Waals surface area contributed by atoms with Crippen LogP contribution in [0.3, 0.4) is 0 Å². The number of carbonyl (C=O) groups is 1. The van der Waals surface area contributed by atoms with Crippen molar-refractivity contribution in [2.24, 2.45) is 12.8 Å². The Morgan fingerprint density at radius 1 is 1.19 bits per heavy atom. The molecule has 0 unspecified atom stereocenters. The molecule has 2 heterocycles. The highest BCUT2D eigenvalue weighted by atomic mass is 19.1. The summed E-state index contributed by atoms with van der Waals surface area (Å²) in [5.74, 6) is -2.60. The van der Waals surface area contributed by atoms with Crippen molar-refractivity contribution in [3.05, 3.63) is 70.4 Å². The first-order valence-corrected chi connectivity index (χ1v) is 7.42. The molecule has 1 aromatic carbocycles. The van der Waals surface area contributed by atoms with Crippen molar-refractivity contribution in [2.75, 3.05) is 5.32 Å². The summed E-state index contributed by atoms with van der Waals surface area (Å²) in [6.45, 7) is 0. The summed E-state index contributed by atoms with van der Waals surface area (Å²) in [6, 6.07) is 6.13. The van der Waals surface area contributed by atoms with E-state index in [1.807, 2.05) is 0 Å². The third-order valence-corrected chi connectivity index (χ3v) is 3.67. The van der Waals surface area contributed by atoms with Gasteiger partial charge < -0.3 is 15.6 Å². The number of hydrogen-bond donors (Lipinski definition) is 2. The van der Waals surface area contributed by atoms with Crippen molar-refractivity contribution in [2.45, 2.75) is 0 Å². The van der Waals surface area contributed by atoms with Gasteiger partial charge in [-0.2, -0.15) is 5.10 Å². The molecule has 9 heteroatoms. The molecule has 0 saturated heterocycles. The Bertz CT molecular complexity index is 1050. The van der Waals surface area contributed by atoms with Gasteiger partial charge in [0, 0.05) is 24.9 Å². The largest absolute Gasteiger partial charge is 0.364 e. The van der Waals surface area contributed by atoms with E-state index in [4.69, 9.17) is 5.73 Å². The number of hydrogen-bond acceptors (Lipinski definition) is 5. The molecule has 0 spiro atoms. The lowest BCUT2D eigenvalue weighted by Crippen LogP contribution is -2.18. The van der Waals surface area contributed by atoms with Gasteiger partial charge in [-0.25, -0.2) is 8.78 Å². The van der Waals surface area contributed by atoms with E-state index >= 15 is 0 Å². The van der Waals surface area contributed by atoms with Crippen LogP contribution in [0.15, 0.2) is 47.5 Å². The minimum Gasteiger partial charge on any atom is -0.364 e. The van der Waals surface area contributed by atoms with Gasteiger partial charge >= 0.3 is 0 Å². The van der Waals surface area contributed by atoms with E-state index in [2.05, 4.69) is 15.5 Å². The number of nitrogens with zero attached hydrogens (tertiary/aromatic N) is 3. The first-order chi connectivity index (χ1) is 12.4. The van der Waals surface area contributed by atoms with E-state index < -0.39 is 17.5 Å². The molecular weight excluding hydrogens is 344 g/mol. The highest BCUT2D eigenvalue weighted by Gasteiger charge is 2.21. The second-order valence-electron chi connectivity index (χ2n) is 5.43. The van der Waals surface area contributed by atoms with E-state index in [-0.39, 0.29) is 28.1 Å². The molecule has 0 aliphatic rings. The molecule has 26 heavy (non-hydrogen) atoms. The maximum absolute atomic E-state index is 14.2. The minimum atomic E-state index is -0.927. The van der Waals surface area contributed by atoms with Crippen LogP contribution < -0.4 is 16.6 Å². The summed E-state index contributed by atoms with van der Waals surface area (Å²) in [5.41, 5.74) is 4.74. The summed E-state index contributed by atoms with van der Waals surface area (Å²) in [5, 5.41) is 10.1. The van der Waals surface area contributed by atoms with Crippen molar-refractivity contribution in [3.63, 3.8) is 0 Å². The van der Waals surface area contributed by atoms with Crippen molar-refractivity contribution < 1.29 is 13.6 Å². The zero-order valence-corrected chi connectivity index (χ0v) is 13.5. The fourth-order valence-electron chi connectivity index (χ4n) is 2.44. The maximum Gasteiger partial charge on any atom is 0.271 e. The number of nitrogens with one attached hydrogen (secondary N) is 1. The van der Waals surface area contributed by atoms with Crippen molar-refractivity contribution >= 4 is 17.3 Å². The van der Waals surface area contributed by atoms with Crippen LogP contribution in [0, 0.1) is 11.6 Å². The van der Waals surface area contributed by atoms with E-state index in [9.17, 15) is 18.4 Å². The highest BCUT2D eigenvalue weighted by molar-refractivity contribution is 6.01. The summed E-state index contributed by atoms with van der Waals surface area (Å²) in [4.78, 5) is 23.2. The predicted octanol–water partition coefficient (Wildman–Crippen LogP) is 1.96. The Labute approximate surface area is 146 Å². The SMILES string of the molecule is Cn1cc(Nc2c(-c3c(F)cccc3F)cnnc2C(N)=O)ccc1=O. The Kier molecular flexibility index (Phi) is 4.44. The standard InChI is InChI=1S/C17H13F2N5O2/c1-24-8-9(5-6-13(24)25)22-15-10(7-21-23-16(15)17(20)26)14-11(18)3-2-4-12(14)19/h2-8H,1H3,(H2,20,26)(H,21,22). The number of amides is 1. The number of aromatic nitrogens is 3. The fourth-order valence-corrected chi connectivity index (χ4v) is 2.44. The van der Waals surface area contributed by atoms with Crippen LogP contribution in [0.25, 0.3) is 11.1 Å². The lowest BCUT2D eigenvalue weighted by atomic mass is 10.0. The number of aryl methyl sites for hydroxylation is 1. The predicted molar refractivity (Wildman–Crippen MR) is 90.9 cm³/mol. The Morgan fingerprint density at radius 2 is 1.88 bits per heavy atom. The van der Waals surface area contributed by atoms with Crippen molar-refractivity contribution in [1.82, 2.24) is 14.8 Å². The molecule has 0 aliphatic carbocycles. The molecule has 2 aromatic heterocycles. The van der Waals surface area contributed by atoms with Crippen molar-refractivity contribution in [1.29, 1.82) is 0 Å². The number of anilines is 2. The van der Waals surface area contributed by atoms with E-state index in [0.29, 0.717) is 5.69 Å². The lowest BCUT2D eigenvalue weighted by molar-refractivity contribution is 0.0995. The molecule has 0 fully saturated rings.